The lowest BCUT2D eigenvalue weighted by Crippen LogP contribution is -2.41. The molecule has 1 atom stereocenters. The van der Waals surface area contributed by atoms with Crippen molar-refractivity contribution in [2.24, 2.45) is 0 Å². The Morgan fingerprint density at radius 1 is 1.27 bits per heavy atom. The van der Waals surface area contributed by atoms with E-state index in [1.54, 1.807) is 30.3 Å². The Balaban J connectivity index is 3.04. The molecule has 0 heterocycles. The van der Waals surface area contributed by atoms with Gasteiger partial charge < -0.3 is 14.8 Å². The molecule has 4 nitrogen and oxygen atoms in total. The number of nitrogens with zero attached hydrogens (tertiary/aromatic N) is 1. The molecule has 1 rings (SSSR count). The van der Waals surface area contributed by atoms with Gasteiger partial charge in [-0.15, -0.1) is 0 Å². The predicted molar refractivity (Wildman–Crippen MR) is 52.6 cm³/mol. The first-order chi connectivity index (χ1) is 7.04. The van der Waals surface area contributed by atoms with Crippen molar-refractivity contribution >= 4 is 11.9 Å². The molecule has 0 spiro atoms. The van der Waals surface area contributed by atoms with E-state index in [-0.39, 0.29) is 5.91 Å². The molecule has 4 heteroatoms. The third-order valence-electron chi connectivity index (χ3n) is 2.22. The average Bonchev–Trinajstić information content (AvgIpc) is 2.18. The summed E-state index contributed by atoms with van der Waals surface area (Å²) >= 11 is 0. The lowest BCUT2D eigenvalue weighted by Gasteiger charge is -2.28. The summed E-state index contributed by atoms with van der Waals surface area (Å²) in [5, 5.41) is 10.9. The lowest BCUT2D eigenvalue weighted by molar-refractivity contribution is -0.311. The minimum absolute atomic E-state index is 0.312. The van der Waals surface area contributed by atoms with Gasteiger partial charge in [0.15, 0.2) is 0 Å². The van der Waals surface area contributed by atoms with Gasteiger partial charge in [-0.05, 0) is 5.56 Å². The summed E-state index contributed by atoms with van der Waals surface area (Å²) < 4.78 is 0. The Kier molecular flexibility index (Phi) is 3.44. The quantitative estimate of drug-likeness (QED) is 0.697. The maximum absolute atomic E-state index is 11.1. The third-order valence-corrected chi connectivity index (χ3v) is 2.22. The fourth-order valence-electron chi connectivity index (χ4n) is 1.33. The second kappa shape index (κ2) is 4.59. The average molecular weight is 206 g/mol. The van der Waals surface area contributed by atoms with Gasteiger partial charge in [0.05, 0.1) is 12.0 Å². The summed E-state index contributed by atoms with van der Waals surface area (Å²) in [6.45, 7) is 1.32. The van der Waals surface area contributed by atoms with Crippen molar-refractivity contribution in [3.05, 3.63) is 35.9 Å². The summed E-state index contributed by atoms with van der Waals surface area (Å²) in [5.41, 5.74) is 0.537. The highest BCUT2D eigenvalue weighted by molar-refractivity contribution is 5.82. The summed E-state index contributed by atoms with van der Waals surface area (Å²) in [6.07, 6.45) is 0. The fourth-order valence-corrected chi connectivity index (χ4v) is 1.33. The number of carboxylic acids is 1. The molecule has 0 aliphatic heterocycles. The van der Waals surface area contributed by atoms with Crippen molar-refractivity contribution in [1.29, 1.82) is 0 Å². The first kappa shape index (κ1) is 11.2. The smallest absolute Gasteiger partial charge is 0.220 e. The summed E-state index contributed by atoms with van der Waals surface area (Å²) in [7, 11) is 1.44. The minimum atomic E-state index is -1.28. The number of carboxylic acid groups (broad SMARTS) is 1. The van der Waals surface area contributed by atoms with Gasteiger partial charge >= 0.3 is 0 Å². The first-order valence-electron chi connectivity index (χ1n) is 4.53. The Morgan fingerprint density at radius 2 is 1.80 bits per heavy atom. The van der Waals surface area contributed by atoms with Crippen molar-refractivity contribution in [2.75, 3.05) is 7.05 Å². The van der Waals surface area contributed by atoms with Gasteiger partial charge in [-0.2, -0.15) is 0 Å². The molecular formula is C11H12NO3-. The second-order valence-corrected chi connectivity index (χ2v) is 3.26. The molecule has 0 saturated heterocycles. The van der Waals surface area contributed by atoms with Crippen LogP contribution in [0.25, 0.3) is 0 Å². The van der Waals surface area contributed by atoms with E-state index in [1.165, 1.54) is 14.0 Å². The first-order valence-corrected chi connectivity index (χ1v) is 4.53. The van der Waals surface area contributed by atoms with Gasteiger partial charge in [0, 0.05) is 14.0 Å². The van der Waals surface area contributed by atoms with E-state index >= 15 is 0 Å². The number of carbonyl (C=O) groups excluding carboxylic acids is 2. The van der Waals surface area contributed by atoms with E-state index in [9.17, 15) is 14.7 Å². The van der Waals surface area contributed by atoms with E-state index in [1.807, 2.05) is 0 Å². The number of rotatable bonds is 3. The van der Waals surface area contributed by atoms with Crippen LogP contribution in [0.4, 0.5) is 0 Å². The molecule has 0 N–H and O–H groups in total. The zero-order valence-corrected chi connectivity index (χ0v) is 8.64. The third kappa shape index (κ3) is 2.56. The molecular weight excluding hydrogens is 194 g/mol. The second-order valence-electron chi connectivity index (χ2n) is 3.26. The van der Waals surface area contributed by atoms with Gasteiger partial charge in [-0.1, -0.05) is 30.3 Å². The normalized spacial score (nSPS) is 11.9. The molecule has 0 aliphatic carbocycles. The number of carbonyl (C=O) groups is 2. The molecule has 0 saturated carbocycles. The van der Waals surface area contributed by atoms with Gasteiger partial charge in [0.25, 0.3) is 0 Å². The fraction of sp³-hybridized carbons (Fsp3) is 0.273. The molecule has 15 heavy (non-hydrogen) atoms. The summed E-state index contributed by atoms with van der Waals surface area (Å²) in [6, 6.07) is 7.51. The maximum atomic E-state index is 11.1. The van der Waals surface area contributed by atoms with Crippen molar-refractivity contribution in [3.63, 3.8) is 0 Å². The zero-order chi connectivity index (χ0) is 11.4. The molecule has 0 unspecified atom stereocenters. The zero-order valence-electron chi connectivity index (χ0n) is 8.64. The van der Waals surface area contributed by atoms with E-state index in [0.717, 1.165) is 4.90 Å². The van der Waals surface area contributed by atoms with Crippen LogP contribution in [0.1, 0.15) is 18.5 Å². The van der Waals surface area contributed by atoms with Crippen molar-refractivity contribution in [3.8, 4) is 0 Å². The monoisotopic (exact) mass is 206 g/mol. The minimum Gasteiger partial charge on any atom is -0.548 e. The van der Waals surface area contributed by atoms with Gasteiger partial charge in [-0.25, -0.2) is 0 Å². The molecule has 0 aliphatic rings. The molecule has 1 aromatic rings. The highest BCUT2D eigenvalue weighted by Crippen LogP contribution is 2.18. The molecule has 0 fully saturated rings. The number of hydrogen-bond acceptors (Lipinski definition) is 3. The van der Waals surface area contributed by atoms with Crippen LogP contribution in [-0.4, -0.2) is 23.8 Å². The Morgan fingerprint density at radius 3 is 2.20 bits per heavy atom. The van der Waals surface area contributed by atoms with Crippen LogP contribution in [-0.2, 0) is 9.59 Å². The van der Waals surface area contributed by atoms with Crippen LogP contribution >= 0.6 is 0 Å². The van der Waals surface area contributed by atoms with Crippen LogP contribution in [0.3, 0.4) is 0 Å². The SMILES string of the molecule is CC(=O)N(C)[C@@H](C(=O)[O-])c1ccccc1. The molecule has 0 radical (unpaired) electrons. The van der Waals surface area contributed by atoms with Crippen LogP contribution in [0.5, 0.6) is 0 Å². The Hall–Kier alpha value is -1.84. The van der Waals surface area contributed by atoms with Crippen molar-refractivity contribution in [1.82, 2.24) is 4.90 Å². The number of amides is 1. The summed E-state index contributed by atoms with van der Waals surface area (Å²) in [5.74, 6) is -1.59. The molecule has 0 bridgehead atoms. The Labute approximate surface area is 88.1 Å². The highest BCUT2D eigenvalue weighted by Gasteiger charge is 2.19. The van der Waals surface area contributed by atoms with Crippen LogP contribution in [0.2, 0.25) is 0 Å². The van der Waals surface area contributed by atoms with Gasteiger partial charge in [0.1, 0.15) is 0 Å². The van der Waals surface area contributed by atoms with E-state index in [4.69, 9.17) is 0 Å². The standard InChI is InChI=1S/C11H13NO3/c1-8(13)12(2)10(11(14)15)9-6-4-3-5-7-9/h3-7,10H,1-2H3,(H,14,15)/p-1/t10-/m1/s1. The number of aliphatic carboxylic acids is 1. The number of benzene rings is 1. The van der Waals surface area contributed by atoms with Crippen molar-refractivity contribution < 1.29 is 14.7 Å². The molecule has 1 amide bonds. The molecule has 80 valence electrons. The number of hydrogen-bond donors (Lipinski definition) is 0. The predicted octanol–water partition coefficient (Wildman–Crippen LogP) is -0.0441. The number of likely N-dealkylation sites (N-methyl/N-ethyl adjacent to an activating group) is 1. The van der Waals surface area contributed by atoms with E-state index < -0.39 is 12.0 Å². The molecule has 1 aromatic carbocycles. The lowest BCUT2D eigenvalue weighted by atomic mass is 10.1. The van der Waals surface area contributed by atoms with Crippen LogP contribution in [0, 0.1) is 0 Å². The van der Waals surface area contributed by atoms with Gasteiger partial charge in [-0.3, -0.25) is 4.79 Å². The largest absolute Gasteiger partial charge is 0.548 e. The molecule has 0 aromatic heterocycles. The summed E-state index contributed by atoms with van der Waals surface area (Å²) in [4.78, 5) is 23.2. The highest BCUT2D eigenvalue weighted by atomic mass is 16.4. The van der Waals surface area contributed by atoms with E-state index in [2.05, 4.69) is 0 Å². The Bertz CT molecular complexity index is 361. The maximum Gasteiger partial charge on any atom is 0.220 e. The van der Waals surface area contributed by atoms with Crippen LogP contribution in [0.15, 0.2) is 30.3 Å². The van der Waals surface area contributed by atoms with E-state index in [0.29, 0.717) is 5.56 Å². The van der Waals surface area contributed by atoms with Crippen molar-refractivity contribution in [2.45, 2.75) is 13.0 Å². The topological polar surface area (TPSA) is 60.4 Å². The van der Waals surface area contributed by atoms with Gasteiger partial charge in [0.2, 0.25) is 5.91 Å². The van der Waals surface area contributed by atoms with Crippen LogP contribution < -0.4 is 5.11 Å².